The number of unbranched alkanes of at least 4 members (excludes halogenated alkanes) is 13. The summed E-state index contributed by atoms with van der Waals surface area (Å²) in [6.07, 6.45) is 11.4. The summed E-state index contributed by atoms with van der Waals surface area (Å²) in [5, 5.41) is 38.1. The molecule has 1 aromatic rings. The number of fused-ring (bicyclic) bond motifs is 2. The number of hydrogen-bond donors (Lipinski definition) is 3. The average molecular weight is 842 g/mol. The number of esters is 2. The molecule has 15 atom stereocenters. The second-order valence-electron chi connectivity index (χ2n) is 19.5. The van der Waals surface area contributed by atoms with E-state index >= 15 is 0 Å². The van der Waals surface area contributed by atoms with E-state index in [4.69, 9.17) is 28.4 Å². The maximum atomic E-state index is 14.5. The van der Waals surface area contributed by atoms with Crippen LogP contribution in [0, 0.1) is 34.5 Å². The van der Waals surface area contributed by atoms with Gasteiger partial charge in [-0.05, 0) is 37.9 Å². The van der Waals surface area contributed by atoms with Gasteiger partial charge in [-0.1, -0.05) is 109 Å². The second-order valence-corrected chi connectivity index (χ2v) is 19.5. The summed E-state index contributed by atoms with van der Waals surface area (Å²) in [6.45, 7) is 2.97. The highest BCUT2D eigenvalue weighted by Gasteiger charge is 2.92. The largest absolute Gasteiger partial charge is 0.455 e. The van der Waals surface area contributed by atoms with Crippen molar-refractivity contribution < 1.29 is 53.3 Å². The van der Waals surface area contributed by atoms with Crippen molar-refractivity contribution in [2.24, 2.45) is 34.5 Å². The lowest BCUT2D eigenvalue weighted by atomic mass is 9.42. The number of piperidine rings is 1. The summed E-state index contributed by atoms with van der Waals surface area (Å²) < 4.78 is 38.5. The molecule has 1 spiro atoms. The number of aliphatic hydroxyl groups excluding tert-OH is 2. The van der Waals surface area contributed by atoms with Crippen LogP contribution in [-0.4, -0.2) is 135 Å². The van der Waals surface area contributed by atoms with Gasteiger partial charge in [-0.3, -0.25) is 4.79 Å². The number of methoxy groups -OCH3 is 4. The molecule has 7 bridgehead atoms. The molecule has 7 rings (SSSR count). The van der Waals surface area contributed by atoms with E-state index in [0.29, 0.717) is 24.9 Å². The third-order valence-corrected chi connectivity index (χ3v) is 16.6. The van der Waals surface area contributed by atoms with E-state index in [0.717, 1.165) is 19.3 Å². The minimum absolute atomic E-state index is 0.0846. The zero-order valence-electron chi connectivity index (χ0n) is 37.2. The minimum Gasteiger partial charge on any atom is -0.455 e. The Balaban J connectivity index is 1.19. The standard InChI is InChI=1S/C48H75NO11/c1-7-8-9-10-11-12-13-14-15-16-17-18-19-23-26-35(51)60-48-36-32(28-46(54,43(58-6)41(48)52)42(36)59-44(53)31-24-21-20-22-25-31)47-34(56-4)27-33(50)45(30-55-3)29-49(2)40(47)37(48)38(57-5)39(45)47/h20-22,24-25,32-34,36-43,50,52,54H,7-19,23,26-30H2,1-6H3/t32-,33-,34?,36-,37+,38+,39-,40-,41+,42-,43+,45+,46+,47+,48-/m1/s1. The first-order valence-electron chi connectivity index (χ1n) is 23.3. The van der Waals surface area contributed by atoms with Gasteiger partial charge < -0.3 is 48.6 Å². The number of ether oxygens (including phenoxy) is 6. The molecule has 5 saturated carbocycles. The number of carbonyl (C=O) groups excluding carboxylic acids is 2. The third-order valence-electron chi connectivity index (χ3n) is 16.6. The van der Waals surface area contributed by atoms with Crippen molar-refractivity contribution in [3.8, 4) is 0 Å². The van der Waals surface area contributed by atoms with Crippen LogP contribution in [0.1, 0.15) is 126 Å². The van der Waals surface area contributed by atoms with E-state index < -0.39 is 88.3 Å². The number of rotatable bonds is 23. The molecule has 5 aliphatic carbocycles. The third kappa shape index (κ3) is 7.19. The van der Waals surface area contributed by atoms with Gasteiger partial charge in [0.1, 0.15) is 23.9 Å². The van der Waals surface area contributed by atoms with Crippen LogP contribution in [-0.2, 0) is 33.2 Å². The Bertz CT molecular complexity index is 1600. The fraction of sp³-hybridized carbons (Fsp3) is 0.833. The Morgan fingerprint density at radius 2 is 1.42 bits per heavy atom. The molecular weight excluding hydrogens is 767 g/mol. The van der Waals surface area contributed by atoms with Crippen LogP contribution < -0.4 is 0 Å². The fourth-order valence-corrected chi connectivity index (χ4v) is 14.7. The van der Waals surface area contributed by atoms with Crippen LogP contribution in [0.5, 0.6) is 0 Å². The molecule has 0 aromatic heterocycles. The van der Waals surface area contributed by atoms with Gasteiger partial charge in [0.2, 0.25) is 0 Å². The molecule has 1 heterocycles. The molecule has 1 aliphatic heterocycles. The molecule has 12 nitrogen and oxygen atoms in total. The van der Waals surface area contributed by atoms with E-state index in [9.17, 15) is 24.9 Å². The lowest BCUT2D eigenvalue weighted by Gasteiger charge is -2.70. The quantitative estimate of drug-likeness (QED) is 0.0861. The average Bonchev–Trinajstić information content (AvgIpc) is 3.63. The highest BCUT2D eigenvalue weighted by atomic mass is 16.6. The molecule has 338 valence electrons. The first-order chi connectivity index (χ1) is 29.0. The Hall–Kier alpha value is -2.16. The molecular formula is C48H75NO11. The van der Waals surface area contributed by atoms with E-state index in [1.54, 1.807) is 45.6 Å². The van der Waals surface area contributed by atoms with Gasteiger partial charge in [0, 0.05) is 82.5 Å². The fourth-order valence-electron chi connectivity index (χ4n) is 14.7. The number of benzene rings is 1. The summed E-state index contributed by atoms with van der Waals surface area (Å²) >= 11 is 0. The van der Waals surface area contributed by atoms with Gasteiger partial charge in [0.15, 0.2) is 5.60 Å². The molecule has 0 radical (unpaired) electrons. The highest BCUT2D eigenvalue weighted by Crippen LogP contribution is 2.80. The van der Waals surface area contributed by atoms with E-state index in [1.807, 2.05) is 13.1 Å². The van der Waals surface area contributed by atoms with Crippen molar-refractivity contribution in [1.82, 2.24) is 4.90 Å². The van der Waals surface area contributed by atoms with Crippen LogP contribution in [0.2, 0.25) is 0 Å². The Morgan fingerprint density at radius 1 is 0.800 bits per heavy atom. The number of nitrogens with zero attached hydrogens (tertiary/aromatic N) is 1. The smallest absolute Gasteiger partial charge is 0.338 e. The lowest BCUT2D eigenvalue weighted by molar-refractivity contribution is -0.321. The van der Waals surface area contributed by atoms with Crippen molar-refractivity contribution in [2.45, 2.75) is 170 Å². The van der Waals surface area contributed by atoms with Crippen molar-refractivity contribution in [1.29, 1.82) is 0 Å². The minimum atomic E-state index is -1.84. The second kappa shape index (κ2) is 18.9. The van der Waals surface area contributed by atoms with Gasteiger partial charge in [0.25, 0.3) is 0 Å². The molecule has 1 aromatic carbocycles. The molecule has 3 N–H and O–H groups in total. The van der Waals surface area contributed by atoms with Crippen molar-refractivity contribution in [2.75, 3.05) is 48.6 Å². The lowest BCUT2D eigenvalue weighted by Crippen LogP contribution is -2.81. The predicted octanol–water partition coefficient (Wildman–Crippen LogP) is 6.11. The summed E-state index contributed by atoms with van der Waals surface area (Å²) in [7, 11) is 8.40. The first kappa shape index (κ1) is 45.9. The molecule has 12 heteroatoms. The van der Waals surface area contributed by atoms with Crippen molar-refractivity contribution in [3.63, 3.8) is 0 Å². The molecule has 0 amide bonds. The Kier molecular flexibility index (Phi) is 14.4. The number of carbonyl (C=O) groups is 2. The van der Waals surface area contributed by atoms with Gasteiger partial charge in [0.05, 0.1) is 30.5 Å². The van der Waals surface area contributed by atoms with Gasteiger partial charge >= 0.3 is 11.9 Å². The summed E-state index contributed by atoms with van der Waals surface area (Å²) in [5.74, 6) is -3.48. The van der Waals surface area contributed by atoms with Crippen LogP contribution in [0.25, 0.3) is 0 Å². The maximum absolute atomic E-state index is 14.5. The summed E-state index contributed by atoms with van der Waals surface area (Å²) in [4.78, 5) is 30.8. The summed E-state index contributed by atoms with van der Waals surface area (Å²) in [6, 6.07) is 8.29. The first-order valence-corrected chi connectivity index (χ1v) is 23.3. The highest BCUT2D eigenvalue weighted by molar-refractivity contribution is 5.89. The topological polar surface area (TPSA) is 153 Å². The molecule has 6 aliphatic rings. The number of hydrogen-bond acceptors (Lipinski definition) is 12. The number of aliphatic hydroxyl groups is 3. The van der Waals surface area contributed by atoms with Crippen LogP contribution in [0.15, 0.2) is 30.3 Å². The normalized spacial score (nSPS) is 41.0. The van der Waals surface area contributed by atoms with Gasteiger partial charge in [-0.25, -0.2) is 4.79 Å². The van der Waals surface area contributed by atoms with Crippen LogP contribution in [0.4, 0.5) is 0 Å². The summed E-state index contributed by atoms with van der Waals surface area (Å²) in [5.41, 5.74) is -4.82. The Labute approximate surface area is 358 Å². The van der Waals surface area contributed by atoms with Gasteiger partial charge in [-0.2, -0.15) is 0 Å². The molecule has 60 heavy (non-hydrogen) atoms. The number of likely N-dealkylation sites (tertiary alicyclic amines) is 1. The zero-order valence-corrected chi connectivity index (χ0v) is 37.2. The van der Waals surface area contributed by atoms with Crippen molar-refractivity contribution >= 4 is 11.9 Å². The zero-order chi connectivity index (χ0) is 42.9. The monoisotopic (exact) mass is 842 g/mol. The molecule has 1 unspecified atom stereocenters. The van der Waals surface area contributed by atoms with E-state index in [-0.39, 0.29) is 31.4 Å². The van der Waals surface area contributed by atoms with Crippen molar-refractivity contribution in [3.05, 3.63) is 35.9 Å². The predicted molar refractivity (Wildman–Crippen MR) is 225 cm³/mol. The van der Waals surface area contributed by atoms with E-state index in [1.165, 1.54) is 71.3 Å². The molecule has 6 fully saturated rings. The SMILES string of the molecule is CCCCCCCCCCCCCCCCC(=O)O[C@]12[C@H]3[C@@H](OC(=O)c4ccccc4)[C@@](O)(C[C@H]3[C@@]34C(OC)C[C@@H](O)[C@@]5(COC)CN(C)[C@@H]3[C@@H]1[C@H](OC)[C@H]54)[C@@H](OC)[C@@H]2O. The molecule has 1 saturated heterocycles. The Morgan fingerprint density at radius 3 is 1.98 bits per heavy atom. The van der Waals surface area contributed by atoms with Crippen LogP contribution >= 0.6 is 0 Å². The van der Waals surface area contributed by atoms with Crippen LogP contribution in [0.3, 0.4) is 0 Å². The maximum Gasteiger partial charge on any atom is 0.338 e. The van der Waals surface area contributed by atoms with Gasteiger partial charge in [-0.15, -0.1) is 0 Å². The van der Waals surface area contributed by atoms with E-state index in [2.05, 4.69) is 11.8 Å².